The minimum Gasteiger partial charge on any atom is -0.309 e. The van der Waals surface area contributed by atoms with Gasteiger partial charge in [-0.15, -0.1) is 11.3 Å². The third-order valence-corrected chi connectivity index (χ3v) is 5.71. The number of benzene rings is 1. The number of rotatable bonds is 5. The number of halogens is 1. The molecule has 1 aromatic carbocycles. The molecule has 0 saturated heterocycles. The molecule has 0 amide bonds. The molecule has 1 heterocycles. The number of thiophene rings is 1. The summed E-state index contributed by atoms with van der Waals surface area (Å²) in [5.41, 5.74) is 3.83. The first-order valence-electron chi connectivity index (χ1n) is 7.09. The smallest absolute Gasteiger partial charge is 0.0683 e. The molecule has 0 aliphatic carbocycles. The molecular formula is C17H22ClNS. The zero-order valence-corrected chi connectivity index (χ0v) is 14.1. The number of nitrogens with one attached hydrogen (secondary N) is 1. The second-order valence-electron chi connectivity index (χ2n) is 5.29. The molecule has 2 rings (SSSR count). The summed E-state index contributed by atoms with van der Waals surface area (Å²) in [5, 5.41) is 6.39. The fraction of sp³-hybridized carbons (Fsp3) is 0.412. The van der Waals surface area contributed by atoms with E-state index in [2.05, 4.69) is 55.7 Å². The van der Waals surface area contributed by atoms with Crippen molar-refractivity contribution in [2.24, 2.45) is 0 Å². The van der Waals surface area contributed by atoms with Crippen LogP contribution in [0.2, 0.25) is 5.02 Å². The number of hydrogen-bond donors (Lipinski definition) is 1. The van der Waals surface area contributed by atoms with E-state index in [1.54, 1.807) is 11.3 Å². The molecule has 0 bridgehead atoms. The Balaban J connectivity index is 2.31. The van der Waals surface area contributed by atoms with Crippen LogP contribution in [0, 0.1) is 6.92 Å². The van der Waals surface area contributed by atoms with E-state index < -0.39 is 0 Å². The van der Waals surface area contributed by atoms with E-state index in [0.29, 0.717) is 5.92 Å². The standard InChI is InChI=1S/C17H22ClNS/c1-5-11(2)13-6-8-14(9-7-13)16(19-4)17-15(18)12(3)10-20-17/h6-11,16,19H,5H2,1-4H3. The van der Waals surface area contributed by atoms with Gasteiger partial charge in [-0.05, 0) is 48.4 Å². The van der Waals surface area contributed by atoms with Gasteiger partial charge in [0, 0.05) is 4.88 Å². The van der Waals surface area contributed by atoms with Crippen molar-refractivity contribution in [3.63, 3.8) is 0 Å². The fourth-order valence-corrected chi connectivity index (χ4v) is 3.78. The second-order valence-corrected chi connectivity index (χ2v) is 6.58. The third-order valence-electron chi connectivity index (χ3n) is 3.93. The summed E-state index contributed by atoms with van der Waals surface area (Å²) in [4.78, 5) is 1.20. The highest BCUT2D eigenvalue weighted by atomic mass is 35.5. The summed E-state index contributed by atoms with van der Waals surface area (Å²) in [5.74, 6) is 0.615. The largest absolute Gasteiger partial charge is 0.309 e. The van der Waals surface area contributed by atoms with Gasteiger partial charge >= 0.3 is 0 Å². The summed E-state index contributed by atoms with van der Waals surface area (Å²) in [6, 6.07) is 9.08. The van der Waals surface area contributed by atoms with E-state index in [0.717, 1.165) is 10.6 Å². The zero-order valence-electron chi connectivity index (χ0n) is 12.5. The summed E-state index contributed by atoms with van der Waals surface area (Å²) < 4.78 is 0. The fourth-order valence-electron chi connectivity index (χ4n) is 2.35. The topological polar surface area (TPSA) is 12.0 Å². The molecule has 0 radical (unpaired) electrons. The molecule has 1 N–H and O–H groups in total. The SMILES string of the molecule is CCC(C)c1ccc(C(NC)c2scc(C)c2Cl)cc1. The van der Waals surface area contributed by atoms with Crippen LogP contribution in [0.3, 0.4) is 0 Å². The lowest BCUT2D eigenvalue weighted by atomic mass is 9.95. The Morgan fingerprint density at radius 2 is 1.80 bits per heavy atom. The highest BCUT2D eigenvalue weighted by molar-refractivity contribution is 7.10. The maximum atomic E-state index is 6.41. The molecular weight excluding hydrogens is 286 g/mol. The van der Waals surface area contributed by atoms with Crippen LogP contribution in [-0.2, 0) is 0 Å². The first-order valence-corrected chi connectivity index (χ1v) is 8.34. The Morgan fingerprint density at radius 1 is 1.20 bits per heavy atom. The van der Waals surface area contributed by atoms with Gasteiger partial charge in [-0.25, -0.2) is 0 Å². The van der Waals surface area contributed by atoms with E-state index in [1.807, 2.05) is 7.05 Å². The molecule has 0 aliphatic rings. The van der Waals surface area contributed by atoms with Gasteiger partial charge in [0.05, 0.1) is 11.1 Å². The van der Waals surface area contributed by atoms with Gasteiger partial charge in [0.1, 0.15) is 0 Å². The van der Waals surface area contributed by atoms with Crippen LogP contribution < -0.4 is 5.32 Å². The predicted octanol–water partition coefficient (Wildman–Crippen LogP) is 5.53. The average Bonchev–Trinajstić information content (AvgIpc) is 2.80. The molecule has 1 nitrogen and oxygen atoms in total. The number of aryl methyl sites for hydroxylation is 1. The highest BCUT2D eigenvalue weighted by Gasteiger charge is 2.18. The summed E-state index contributed by atoms with van der Waals surface area (Å²) in [6.07, 6.45) is 1.17. The maximum Gasteiger partial charge on any atom is 0.0683 e. The minimum absolute atomic E-state index is 0.173. The van der Waals surface area contributed by atoms with Crippen molar-refractivity contribution in [3.05, 3.63) is 56.2 Å². The highest BCUT2D eigenvalue weighted by Crippen LogP contribution is 2.35. The Morgan fingerprint density at radius 3 is 2.25 bits per heavy atom. The molecule has 0 aliphatic heterocycles. The summed E-state index contributed by atoms with van der Waals surface area (Å²) in [7, 11) is 1.98. The molecule has 2 atom stereocenters. The molecule has 0 saturated carbocycles. The lowest BCUT2D eigenvalue weighted by molar-refractivity contribution is 0.699. The Bertz CT molecular complexity index is 559. The molecule has 20 heavy (non-hydrogen) atoms. The van der Waals surface area contributed by atoms with Gasteiger partial charge in [0.15, 0.2) is 0 Å². The zero-order chi connectivity index (χ0) is 14.7. The summed E-state index contributed by atoms with van der Waals surface area (Å²) >= 11 is 8.13. The van der Waals surface area contributed by atoms with Crippen molar-refractivity contribution >= 4 is 22.9 Å². The summed E-state index contributed by atoms with van der Waals surface area (Å²) in [6.45, 7) is 6.55. The van der Waals surface area contributed by atoms with Crippen molar-refractivity contribution in [1.29, 1.82) is 0 Å². The molecule has 0 spiro atoms. The first kappa shape index (κ1) is 15.6. The first-order chi connectivity index (χ1) is 9.58. The minimum atomic E-state index is 0.173. The lowest BCUT2D eigenvalue weighted by Gasteiger charge is -2.17. The second kappa shape index (κ2) is 6.75. The molecule has 108 valence electrons. The van der Waals surface area contributed by atoms with Gasteiger partial charge in [-0.2, -0.15) is 0 Å². The van der Waals surface area contributed by atoms with Gasteiger partial charge in [-0.3, -0.25) is 0 Å². The van der Waals surface area contributed by atoms with Crippen LogP contribution in [0.15, 0.2) is 29.6 Å². The van der Waals surface area contributed by atoms with Crippen molar-refractivity contribution in [2.45, 2.75) is 39.2 Å². The van der Waals surface area contributed by atoms with Crippen molar-refractivity contribution in [2.75, 3.05) is 7.05 Å². The van der Waals surface area contributed by atoms with Crippen molar-refractivity contribution in [3.8, 4) is 0 Å². The predicted molar refractivity (Wildman–Crippen MR) is 90.1 cm³/mol. The Labute approximate surface area is 131 Å². The van der Waals surface area contributed by atoms with Crippen LogP contribution in [-0.4, -0.2) is 7.05 Å². The molecule has 2 aromatic rings. The lowest BCUT2D eigenvalue weighted by Crippen LogP contribution is -2.16. The van der Waals surface area contributed by atoms with Gasteiger partial charge in [0.25, 0.3) is 0 Å². The molecule has 3 heteroatoms. The average molecular weight is 308 g/mol. The van der Waals surface area contributed by atoms with E-state index in [1.165, 1.54) is 22.4 Å². The van der Waals surface area contributed by atoms with Crippen LogP contribution >= 0.6 is 22.9 Å². The molecule has 1 aromatic heterocycles. The van der Waals surface area contributed by atoms with Crippen LogP contribution in [0.25, 0.3) is 0 Å². The van der Waals surface area contributed by atoms with Crippen LogP contribution in [0.1, 0.15) is 53.8 Å². The Kier molecular flexibility index (Phi) is 5.25. The van der Waals surface area contributed by atoms with Gasteiger partial charge in [0.2, 0.25) is 0 Å². The third kappa shape index (κ3) is 3.08. The van der Waals surface area contributed by atoms with Gasteiger partial charge < -0.3 is 5.32 Å². The number of hydrogen-bond acceptors (Lipinski definition) is 2. The monoisotopic (exact) mass is 307 g/mol. The Hall–Kier alpha value is -0.830. The maximum absolute atomic E-state index is 6.41. The quantitative estimate of drug-likeness (QED) is 0.765. The van der Waals surface area contributed by atoms with E-state index in [9.17, 15) is 0 Å². The molecule has 2 unspecified atom stereocenters. The van der Waals surface area contributed by atoms with E-state index in [-0.39, 0.29) is 6.04 Å². The van der Waals surface area contributed by atoms with Crippen molar-refractivity contribution < 1.29 is 0 Å². The van der Waals surface area contributed by atoms with Crippen molar-refractivity contribution in [1.82, 2.24) is 5.32 Å². The molecule has 0 fully saturated rings. The van der Waals surface area contributed by atoms with E-state index >= 15 is 0 Å². The van der Waals surface area contributed by atoms with Crippen LogP contribution in [0.5, 0.6) is 0 Å². The normalized spacial score (nSPS) is 14.2. The van der Waals surface area contributed by atoms with E-state index in [4.69, 9.17) is 11.6 Å². The van der Waals surface area contributed by atoms with Crippen LogP contribution in [0.4, 0.5) is 0 Å². The van der Waals surface area contributed by atoms with Gasteiger partial charge in [-0.1, -0.05) is 49.7 Å².